The molecule has 2 aromatic carbocycles. The first-order valence-corrected chi connectivity index (χ1v) is 18.4. The summed E-state index contributed by atoms with van der Waals surface area (Å²) in [6.45, 7) is 14.3. The highest BCUT2D eigenvalue weighted by Crippen LogP contribution is 2.38. The van der Waals surface area contributed by atoms with Crippen LogP contribution >= 0.6 is 0 Å². The molecule has 282 valence electrons. The molecule has 0 radical (unpaired) electrons. The second kappa shape index (κ2) is 29.7. The number of methoxy groups -OCH3 is 2. The molecular formula is C43H63NO7. The smallest absolute Gasteiger partial charge is 0.330 e. The highest BCUT2D eigenvalue weighted by molar-refractivity contribution is 5.81. The summed E-state index contributed by atoms with van der Waals surface area (Å²) in [6.07, 6.45) is 21.6. The second-order valence-electron chi connectivity index (χ2n) is 12.5. The standard InChI is InChI=1S/C19H26O5.C17H25NO.C4H8.C3H4O/c1-4-16-8-10-17(11-9-16)24-15-18(21-3)14-22-12-6-7-13-23-19(20)5-2;1-3-4-13-5-7-14(8-6-13)15-9-10-17(19-2)16(11-15)12-18;1-2-4-3-1;1-2-3-4/h4-5,8-11,18H,1-2,6-7,12-15H2,3H3;9-14,18H,3-8H2,1-2H3;1-4H2;2-3H,1H2. The zero-order valence-electron chi connectivity index (χ0n) is 31.5. The topological polar surface area (TPSA) is 104 Å². The Hall–Kier alpha value is -4.01. The van der Waals surface area contributed by atoms with Crippen molar-refractivity contribution < 1.29 is 33.3 Å². The SMILES string of the molecule is C1CCC1.C=CC(=O)OCCCCOCC(COc1ccc(C=C)cc1)OC.C=CC=O.CCCC1CCC(c2ccc(OC)c(C=N)c2)CC1. The molecule has 0 amide bonds. The lowest BCUT2D eigenvalue weighted by atomic mass is 9.77. The maximum absolute atomic E-state index is 10.8. The number of nitrogens with one attached hydrogen (secondary N) is 1. The van der Waals surface area contributed by atoms with Crippen molar-refractivity contribution in [2.75, 3.05) is 40.6 Å². The Morgan fingerprint density at radius 3 is 2.08 bits per heavy atom. The molecule has 8 heteroatoms. The van der Waals surface area contributed by atoms with Crippen molar-refractivity contribution in [3.63, 3.8) is 0 Å². The average Bonchev–Trinajstić information content (AvgIpc) is 3.15. The van der Waals surface area contributed by atoms with E-state index in [1.54, 1.807) is 20.3 Å². The predicted octanol–water partition coefficient (Wildman–Crippen LogP) is 9.95. The maximum atomic E-state index is 10.8. The van der Waals surface area contributed by atoms with Crippen LogP contribution in [0.15, 0.2) is 74.4 Å². The maximum Gasteiger partial charge on any atom is 0.330 e. The van der Waals surface area contributed by atoms with Crippen molar-refractivity contribution >= 4 is 24.5 Å². The van der Waals surface area contributed by atoms with E-state index < -0.39 is 5.97 Å². The quantitative estimate of drug-likeness (QED) is 0.0510. The summed E-state index contributed by atoms with van der Waals surface area (Å²) in [7, 11) is 3.30. The van der Waals surface area contributed by atoms with Crippen molar-refractivity contribution in [1.29, 1.82) is 5.41 Å². The van der Waals surface area contributed by atoms with Gasteiger partial charge in [-0.3, -0.25) is 4.79 Å². The molecule has 1 atom stereocenters. The lowest BCUT2D eigenvalue weighted by Crippen LogP contribution is -2.26. The van der Waals surface area contributed by atoms with Crippen molar-refractivity contribution in [2.24, 2.45) is 5.92 Å². The lowest BCUT2D eigenvalue weighted by molar-refractivity contribution is -0.137. The lowest BCUT2D eigenvalue weighted by Gasteiger charge is -2.29. The van der Waals surface area contributed by atoms with Crippen LogP contribution in [-0.4, -0.2) is 65.2 Å². The first-order chi connectivity index (χ1) is 24.9. The van der Waals surface area contributed by atoms with Crippen LogP contribution in [0.4, 0.5) is 0 Å². The number of unbranched alkanes of at least 4 members (excludes halogenated alkanes) is 1. The van der Waals surface area contributed by atoms with E-state index in [2.05, 4.69) is 38.8 Å². The summed E-state index contributed by atoms with van der Waals surface area (Å²) in [6, 6.07) is 14.0. The van der Waals surface area contributed by atoms with Crippen LogP contribution in [0.25, 0.3) is 6.08 Å². The van der Waals surface area contributed by atoms with Gasteiger partial charge >= 0.3 is 5.97 Å². The van der Waals surface area contributed by atoms with Crippen molar-refractivity contribution in [3.8, 4) is 11.5 Å². The molecule has 2 aromatic rings. The third kappa shape index (κ3) is 20.4. The molecule has 4 rings (SSSR count). The molecule has 0 saturated heterocycles. The van der Waals surface area contributed by atoms with E-state index in [0.29, 0.717) is 38.6 Å². The Bertz CT molecular complexity index is 1240. The van der Waals surface area contributed by atoms with Gasteiger partial charge in [0.05, 0.1) is 20.3 Å². The summed E-state index contributed by atoms with van der Waals surface area (Å²) in [4.78, 5) is 19.9. The van der Waals surface area contributed by atoms with Gasteiger partial charge in [-0.05, 0) is 91.8 Å². The number of hydrogen-bond donors (Lipinski definition) is 1. The molecule has 0 aliphatic heterocycles. The fourth-order valence-electron chi connectivity index (χ4n) is 5.39. The number of carbonyl (C=O) groups excluding carboxylic acids is 2. The van der Waals surface area contributed by atoms with Crippen LogP contribution in [0.1, 0.15) is 107 Å². The summed E-state index contributed by atoms with van der Waals surface area (Å²) in [5, 5.41) is 7.48. The molecule has 2 fully saturated rings. The van der Waals surface area contributed by atoms with Crippen LogP contribution in [-0.2, 0) is 23.8 Å². The van der Waals surface area contributed by atoms with Gasteiger partial charge in [0, 0.05) is 31.6 Å². The van der Waals surface area contributed by atoms with E-state index in [0.717, 1.165) is 47.5 Å². The van der Waals surface area contributed by atoms with E-state index in [4.69, 9.17) is 33.9 Å². The van der Waals surface area contributed by atoms with E-state index in [9.17, 15) is 4.79 Å². The van der Waals surface area contributed by atoms with Crippen molar-refractivity contribution in [3.05, 3.63) is 91.0 Å². The van der Waals surface area contributed by atoms with Gasteiger partial charge in [-0.1, -0.05) is 89.5 Å². The van der Waals surface area contributed by atoms with Gasteiger partial charge in [0.25, 0.3) is 0 Å². The number of carbonyl (C=O) groups is 2. The molecule has 0 spiro atoms. The van der Waals surface area contributed by atoms with E-state index >= 15 is 0 Å². The number of esters is 1. The summed E-state index contributed by atoms with van der Waals surface area (Å²) in [5.74, 6) is 2.82. The van der Waals surface area contributed by atoms with Crippen molar-refractivity contribution in [1.82, 2.24) is 0 Å². The van der Waals surface area contributed by atoms with Gasteiger partial charge in [0.2, 0.25) is 0 Å². The van der Waals surface area contributed by atoms with Gasteiger partial charge in [-0.25, -0.2) is 4.79 Å². The molecule has 1 unspecified atom stereocenters. The highest BCUT2D eigenvalue weighted by atomic mass is 16.6. The minimum atomic E-state index is -0.395. The zero-order chi connectivity index (χ0) is 37.5. The van der Waals surface area contributed by atoms with Crippen molar-refractivity contribution in [2.45, 2.75) is 96.0 Å². The number of rotatable bonds is 19. The number of ether oxygens (including phenoxy) is 5. The Labute approximate surface area is 307 Å². The van der Waals surface area contributed by atoms with Gasteiger partial charge in [-0.2, -0.15) is 0 Å². The van der Waals surface area contributed by atoms with E-state index in [-0.39, 0.29) is 6.10 Å². The Balaban J connectivity index is 0.000000424. The Morgan fingerprint density at radius 1 is 0.922 bits per heavy atom. The van der Waals surface area contributed by atoms with Crippen LogP contribution in [0.2, 0.25) is 0 Å². The number of aldehydes is 1. The van der Waals surface area contributed by atoms with E-state index in [1.165, 1.54) is 82.1 Å². The monoisotopic (exact) mass is 705 g/mol. The normalized spacial score (nSPS) is 16.3. The van der Waals surface area contributed by atoms with Crippen LogP contribution < -0.4 is 9.47 Å². The average molecular weight is 706 g/mol. The largest absolute Gasteiger partial charge is 0.496 e. The van der Waals surface area contributed by atoms with Gasteiger partial charge in [-0.15, -0.1) is 0 Å². The summed E-state index contributed by atoms with van der Waals surface area (Å²) < 4.78 is 26.8. The highest BCUT2D eigenvalue weighted by Gasteiger charge is 2.22. The minimum Gasteiger partial charge on any atom is -0.496 e. The molecule has 2 saturated carbocycles. The van der Waals surface area contributed by atoms with Crippen LogP contribution in [0.3, 0.4) is 0 Å². The molecule has 0 bridgehead atoms. The minimum absolute atomic E-state index is 0.136. The first-order valence-electron chi connectivity index (χ1n) is 18.4. The molecule has 1 N–H and O–H groups in total. The molecule has 0 aromatic heterocycles. The molecule has 0 heterocycles. The third-order valence-corrected chi connectivity index (χ3v) is 8.80. The number of hydrogen-bond acceptors (Lipinski definition) is 8. The predicted molar refractivity (Wildman–Crippen MR) is 209 cm³/mol. The number of benzene rings is 2. The molecule has 2 aliphatic rings. The van der Waals surface area contributed by atoms with Crippen LogP contribution in [0, 0.1) is 11.3 Å². The molecular weight excluding hydrogens is 642 g/mol. The van der Waals surface area contributed by atoms with Gasteiger partial charge < -0.3 is 29.1 Å². The van der Waals surface area contributed by atoms with Gasteiger partial charge in [0.1, 0.15) is 30.5 Å². The van der Waals surface area contributed by atoms with Crippen LogP contribution in [0.5, 0.6) is 11.5 Å². The fraction of sp³-hybridized carbons (Fsp3) is 0.512. The first kappa shape index (κ1) is 45.0. The fourth-order valence-corrected chi connectivity index (χ4v) is 5.39. The molecule has 8 nitrogen and oxygen atoms in total. The van der Waals surface area contributed by atoms with E-state index in [1.807, 2.05) is 30.3 Å². The summed E-state index contributed by atoms with van der Waals surface area (Å²) in [5.41, 5.74) is 3.33. The molecule has 2 aliphatic carbocycles. The molecule has 51 heavy (non-hydrogen) atoms. The summed E-state index contributed by atoms with van der Waals surface area (Å²) >= 11 is 0. The number of allylic oxidation sites excluding steroid dienone is 1. The third-order valence-electron chi connectivity index (χ3n) is 8.80. The zero-order valence-corrected chi connectivity index (χ0v) is 31.5. The second-order valence-corrected chi connectivity index (χ2v) is 12.5. The Morgan fingerprint density at radius 2 is 1.57 bits per heavy atom. The van der Waals surface area contributed by atoms with Gasteiger partial charge in [0.15, 0.2) is 0 Å². The Kier molecular flexibility index (Phi) is 26.2.